The van der Waals surface area contributed by atoms with Gasteiger partial charge in [0.05, 0.1) is 16.8 Å². The molecule has 1 aromatic heterocycles. The van der Waals surface area contributed by atoms with E-state index in [2.05, 4.69) is 40.6 Å². The van der Waals surface area contributed by atoms with Gasteiger partial charge in [0.25, 0.3) is 5.91 Å². The number of rotatable bonds is 8. The number of benzene rings is 2. The van der Waals surface area contributed by atoms with Crippen molar-refractivity contribution in [1.82, 2.24) is 10.2 Å². The molecule has 1 unspecified atom stereocenters. The van der Waals surface area contributed by atoms with Gasteiger partial charge in [-0.2, -0.15) is 0 Å². The third-order valence-electron chi connectivity index (χ3n) is 9.30. The van der Waals surface area contributed by atoms with E-state index < -0.39 is 5.91 Å². The fourth-order valence-corrected chi connectivity index (χ4v) is 6.93. The quantitative estimate of drug-likeness (QED) is 0.226. The van der Waals surface area contributed by atoms with Gasteiger partial charge in [0.1, 0.15) is 5.58 Å². The lowest BCUT2D eigenvalue weighted by Crippen LogP contribution is -2.37. The molecule has 1 N–H and O–H groups in total. The summed E-state index contributed by atoms with van der Waals surface area (Å²) >= 11 is 6.28. The van der Waals surface area contributed by atoms with Crippen LogP contribution in [0.1, 0.15) is 61.1 Å². The molecule has 0 saturated carbocycles. The number of amides is 2. The van der Waals surface area contributed by atoms with E-state index in [-0.39, 0.29) is 40.9 Å². The van der Waals surface area contributed by atoms with Crippen LogP contribution >= 0.6 is 11.6 Å². The zero-order chi connectivity index (χ0) is 32.3. The van der Waals surface area contributed by atoms with Crippen molar-refractivity contribution < 1.29 is 23.5 Å². The number of carbonyl (C=O) groups is 2. The van der Waals surface area contributed by atoms with Crippen molar-refractivity contribution in [2.45, 2.75) is 62.9 Å². The van der Waals surface area contributed by atoms with Gasteiger partial charge in [-0.15, -0.1) is 11.6 Å². The summed E-state index contributed by atoms with van der Waals surface area (Å²) in [6.07, 6.45) is 13.9. The van der Waals surface area contributed by atoms with Crippen molar-refractivity contribution in [1.29, 1.82) is 0 Å². The Balaban J connectivity index is 1.07. The molecule has 0 radical (unpaired) electrons. The number of para-hydroxylation sites is 1. The van der Waals surface area contributed by atoms with Gasteiger partial charge in [-0.3, -0.25) is 14.4 Å². The molecule has 0 bridgehead atoms. The second kappa shape index (κ2) is 13.7. The molecule has 2 atom stereocenters. The van der Waals surface area contributed by atoms with Gasteiger partial charge in [0, 0.05) is 50.4 Å². The summed E-state index contributed by atoms with van der Waals surface area (Å²) in [5.74, 6) is 0.675. The third kappa shape index (κ3) is 7.10. The molecule has 4 aliphatic rings. The molecule has 0 spiro atoms. The maximum atomic E-state index is 13.6. The lowest BCUT2D eigenvalue weighted by molar-refractivity contribution is -0.133. The van der Waals surface area contributed by atoms with Crippen LogP contribution in [0.3, 0.4) is 0 Å². The summed E-state index contributed by atoms with van der Waals surface area (Å²) in [7, 11) is 0. The van der Waals surface area contributed by atoms with Crippen molar-refractivity contribution in [3.8, 4) is 11.5 Å². The van der Waals surface area contributed by atoms with E-state index in [0.29, 0.717) is 36.3 Å². The fourth-order valence-electron chi connectivity index (χ4n) is 6.77. The van der Waals surface area contributed by atoms with Crippen molar-refractivity contribution in [3.63, 3.8) is 0 Å². The number of halogens is 1. The second-order valence-electron chi connectivity index (χ2n) is 12.6. The highest BCUT2D eigenvalue weighted by Gasteiger charge is 2.24. The Hall–Kier alpha value is -4.50. The molecule has 10 heteroatoms. The monoisotopic (exact) mass is 655 g/mol. The number of piperidine rings is 2. The number of anilines is 1. The topological polar surface area (TPSA) is 101 Å². The van der Waals surface area contributed by atoms with Crippen LogP contribution in [-0.4, -0.2) is 54.6 Å². The molecule has 2 saturated heterocycles. The number of allylic oxidation sites excluding steroid dienone is 3. The summed E-state index contributed by atoms with van der Waals surface area (Å²) in [6, 6.07) is 12.5. The Labute approximate surface area is 278 Å². The summed E-state index contributed by atoms with van der Waals surface area (Å²) < 4.78 is 16.7. The minimum Gasteiger partial charge on any atom is -0.454 e. The standard InChI is InChI=1S/C37H38ClN3O6/c38-27-10-8-24(9-11-27)17-28(39-37(44)35-20-31(42)29-19-33-34(46-23-45-33)21-32(29)47-35)18-25-12-15-40(16-13-25)30-6-2-1-5-26(30)22-41-14-4-3-7-36(41)43/h1-2,5-6,8-10,18-21,27-28H,3-4,7,11-17,22-23H2,(H,39,44)/t27?,28-/m1/s1. The number of fused-ring (bicyclic) bond motifs is 2. The lowest BCUT2D eigenvalue weighted by Gasteiger charge is -2.34. The first-order valence-corrected chi connectivity index (χ1v) is 16.8. The zero-order valence-electron chi connectivity index (χ0n) is 26.2. The van der Waals surface area contributed by atoms with Crippen LogP contribution in [0.2, 0.25) is 0 Å². The van der Waals surface area contributed by atoms with E-state index in [0.717, 1.165) is 57.3 Å². The highest BCUT2D eigenvalue weighted by Crippen LogP contribution is 2.35. The minimum absolute atomic E-state index is 0.0342. The predicted octanol–water partition coefficient (Wildman–Crippen LogP) is 6.24. The lowest BCUT2D eigenvalue weighted by atomic mass is 9.95. The second-order valence-corrected chi connectivity index (χ2v) is 13.1. The van der Waals surface area contributed by atoms with E-state index in [1.807, 2.05) is 23.1 Å². The van der Waals surface area contributed by atoms with Gasteiger partial charge in [0.15, 0.2) is 22.7 Å². The first-order chi connectivity index (χ1) is 22.9. The molecule has 7 rings (SSSR count). The first-order valence-electron chi connectivity index (χ1n) is 16.4. The molecule has 47 heavy (non-hydrogen) atoms. The fraction of sp³-hybridized carbons (Fsp3) is 0.378. The van der Waals surface area contributed by atoms with Crippen LogP contribution in [0.25, 0.3) is 11.0 Å². The van der Waals surface area contributed by atoms with Gasteiger partial charge in [-0.1, -0.05) is 48.1 Å². The molecule has 3 aliphatic heterocycles. The average Bonchev–Trinajstić information content (AvgIpc) is 3.54. The van der Waals surface area contributed by atoms with Crippen LogP contribution in [0.15, 0.2) is 87.1 Å². The van der Waals surface area contributed by atoms with Crippen LogP contribution in [0.4, 0.5) is 5.69 Å². The maximum Gasteiger partial charge on any atom is 0.287 e. The van der Waals surface area contributed by atoms with Crippen LogP contribution in [0, 0.1) is 0 Å². The number of likely N-dealkylation sites (tertiary alicyclic amines) is 1. The van der Waals surface area contributed by atoms with Gasteiger partial charge in [-0.25, -0.2) is 0 Å². The summed E-state index contributed by atoms with van der Waals surface area (Å²) in [6.45, 7) is 3.20. The Kier molecular flexibility index (Phi) is 9.07. The molecule has 2 amide bonds. The van der Waals surface area contributed by atoms with Gasteiger partial charge in [-0.05, 0) is 61.8 Å². The summed E-state index contributed by atoms with van der Waals surface area (Å²) in [5, 5.41) is 3.42. The van der Waals surface area contributed by atoms with E-state index in [1.165, 1.54) is 22.9 Å². The number of nitrogens with one attached hydrogen (secondary N) is 1. The summed E-state index contributed by atoms with van der Waals surface area (Å²) in [4.78, 5) is 43.4. The van der Waals surface area contributed by atoms with Crippen molar-refractivity contribution in [2.24, 2.45) is 0 Å². The number of ether oxygens (including phenoxy) is 2. The normalized spacial score (nSPS) is 19.9. The number of nitrogens with zero attached hydrogens (tertiary/aromatic N) is 2. The molecular formula is C37H38ClN3O6. The summed E-state index contributed by atoms with van der Waals surface area (Å²) in [5.41, 5.74) is 4.65. The SMILES string of the molecule is O=C(N[C@@H](C=C1CCN(c2ccccc2CN2CCCCC2=O)CC1)CC1=CCC(Cl)C=C1)c1cc(=O)c2cc3c(cc2o1)OCO3. The zero-order valence-corrected chi connectivity index (χ0v) is 27.0. The highest BCUT2D eigenvalue weighted by molar-refractivity contribution is 6.22. The molecular weight excluding hydrogens is 618 g/mol. The molecule has 244 valence electrons. The predicted molar refractivity (Wildman–Crippen MR) is 181 cm³/mol. The number of alkyl halides is 1. The molecule has 4 heterocycles. The third-order valence-corrected chi connectivity index (χ3v) is 9.62. The van der Waals surface area contributed by atoms with Gasteiger partial charge >= 0.3 is 0 Å². The van der Waals surface area contributed by atoms with E-state index in [9.17, 15) is 14.4 Å². The van der Waals surface area contributed by atoms with Crippen LogP contribution < -0.4 is 25.1 Å². The Morgan fingerprint density at radius 1 is 1.02 bits per heavy atom. The van der Waals surface area contributed by atoms with Crippen LogP contribution in [0.5, 0.6) is 11.5 Å². The number of hydrogen-bond acceptors (Lipinski definition) is 7. The molecule has 3 aromatic rings. The minimum atomic E-state index is -0.460. The Morgan fingerprint density at radius 3 is 2.62 bits per heavy atom. The van der Waals surface area contributed by atoms with Crippen molar-refractivity contribution >= 4 is 40.1 Å². The van der Waals surface area contributed by atoms with Crippen LogP contribution in [-0.2, 0) is 11.3 Å². The smallest absolute Gasteiger partial charge is 0.287 e. The first kappa shape index (κ1) is 31.1. The Bertz CT molecular complexity index is 1840. The van der Waals surface area contributed by atoms with E-state index >= 15 is 0 Å². The number of hydrogen-bond donors (Lipinski definition) is 1. The van der Waals surface area contributed by atoms with E-state index in [1.54, 1.807) is 12.1 Å². The Morgan fingerprint density at radius 2 is 1.83 bits per heavy atom. The molecule has 2 fully saturated rings. The van der Waals surface area contributed by atoms with E-state index in [4.69, 9.17) is 25.5 Å². The number of carbonyl (C=O) groups excluding carboxylic acids is 2. The largest absolute Gasteiger partial charge is 0.454 e. The molecule has 9 nitrogen and oxygen atoms in total. The van der Waals surface area contributed by atoms with Crippen molar-refractivity contribution in [3.05, 3.63) is 99.5 Å². The highest BCUT2D eigenvalue weighted by atomic mass is 35.5. The van der Waals surface area contributed by atoms with Crippen molar-refractivity contribution in [2.75, 3.05) is 31.3 Å². The van der Waals surface area contributed by atoms with Gasteiger partial charge in [0.2, 0.25) is 12.7 Å². The molecule has 1 aliphatic carbocycles. The average molecular weight is 656 g/mol. The maximum absolute atomic E-state index is 13.6. The van der Waals surface area contributed by atoms with Gasteiger partial charge < -0.3 is 29.0 Å². The molecule has 2 aromatic carbocycles.